The maximum absolute atomic E-state index is 11.7. The number of Topliss-reactive ketones (excluding diaryl/α,β-unsaturated/α-hetero) is 1. The number of hydrogen-bond donors (Lipinski definition) is 0. The smallest absolute Gasteiger partial charge is 0.183 e. The van der Waals surface area contributed by atoms with E-state index in [9.17, 15) is 4.79 Å². The second-order valence-corrected chi connectivity index (χ2v) is 6.25. The Kier molecular flexibility index (Phi) is 5.89. The zero-order valence-electron chi connectivity index (χ0n) is 8.83. The van der Waals surface area contributed by atoms with Crippen molar-refractivity contribution in [2.45, 2.75) is 0 Å². The Morgan fingerprint density at radius 2 is 2.33 bits per heavy atom. The quantitative estimate of drug-likeness (QED) is 0.595. The van der Waals surface area contributed by atoms with Gasteiger partial charge in [-0.3, -0.25) is 4.79 Å². The van der Waals surface area contributed by atoms with Crippen LogP contribution in [0.25, 0.3) is 0 Å². The molecule has 84 valence electrons. The van der Waals surface area contributed by atoms with E-state index in [-0.39, 0.29) is 5.78 Å². The fourth-order valence-corrected chi connectivity index (χ4v) is 3.56. The zero-order valence-corrected chi connectivity index (χ0v) is 12.0. The SMILES string of the molecule is CN(C)CCSCC(=O)c1sccc1Br. The molecule has 0 spiro atoms. The van der Waals surface area contributed by atoms with Gasteiger partial charge < -0.3 is 4.90 Å². The van der Waals surface area contributed by atoms with Crippen LogP contribution in [0.5, 0.6) is 0 Å². The first kappa shape index (κ1) is 13.2. The van der Waals surface area contributed by atoms with E-state index in [1.54, 1.807) is 11.8 Å². The van der Waals surface area contributed by atoms with E-state index in [0.29, 0.717) is 5.75 Å². The number of ketones is 1. The van der Waals surface area contributed by atoms with Gasteiger partial charge in [-0.1, -0.05) is 0 Å². The summed E-state index contributed by atoms with van der Waals surface area (Å²) in [7, 11) is 4.08. The molecule has 0 fully saturated rings. The molecule has 0 amide bonds. The summed E-state index contributed by atoms with van der Waals surface area (Å²) < 4.78 is 0.922. The van der Waals surface area contributed by atoms with Gasteiger partial charge in [-0.05, 0) is 41.5 Å². The molecule has 0 N–H and O–H groups in total. The van der Waals surface area contributed by atoms with Crippen LogP contribution in [0, 0.1) is 0 Å². The van der Waals surface area contributed by atoms with Gasteiger partial charge in [0.25, 0.3) is 0 Å². The highest BCUT2D eigenvalue weighted by molar-refractivity contribution is 9.10. The molecule has 0 radical (unpaired) electrons. The molecule has 0 aromatic carbocycles. The minimum absolute atomic E-state index is 0.223. The van der Waals surface area contributed by atoms with Crippen LogP contribution >= 0.6 is 39.0 Å². The number of thioether (sulfide) groups is 1. The average molecular weight is 308 g/mol. The first-order valence-corrected chi connectivity index (χ1v) is 7.42. The molecule has 2 nitrogen and oxygen atoms in total. The Hall–Kier alpha value is 0.160. The number of nitrogens with zero attached hydrogens (tertiary/aromatic N) is 1. The third kappa shape index (κ3) is 4.68. The summed E-state index contributed by atoms with van der Waals surface area (Å²) in [6.45, 7) is 1.02. The Balaban J connectivity index is 2.28. The molecule has 1 rings (SSSR count). The lowest BCUT2D eigenvalue weighted by molar-refractivity contribution is 0.102. The molecule has 0 saturated heterocycles. The largest absolute Gasteiger partial charge is 0.309 e. The molecular formula is C10H14BrNOS2. The van der Waals surface area contributed by atoms with Crippen molar-refractivity contribution in [2.24, 2.45) is 0 Å². The van der Waals surface area contributed by atoms with Crippen molar-refractivity contribution in [3.63, 3.8) is 0 Å². The van der Waals surface area contributed by atoms with Crippen LogP contribution in [-0.2, 0) is 0 Å². The van der Waals surface area contributed by atoms with Crippen molar-refractivity contribution in [1.82, 2.24) is 4.90 Å². The minimum Gasteiger partial charge on any atom is -0.309 e. The molecule has 0 bridgehead atoms. The van der Waals surface area contributed by atoms with Crippen molar-refractivity contribution in [3.8, 4) is 0 Å². The van der Waals surface area contributed by atoms with Gasteiger partial charge in [-0.15, -0.1) is 11.3 Å². The maximum Gasteiger partial charge on any atom is 0.183 e. The maximum atomic E-state index is 11.7. The molecule has 1 aromatic rings. The molecule has 0 saturated carbocycles. The summed E-state index contributed by atoms with van der Waals surface area (Å²) >= 11 is 6.56. The fourth-order valence-electron chi connectivity index (χ4n) is 0.970. The monoisotopic (exact) mass is 307 g/mol. The second-order valence-electron chi connectivity index (χ2n) is 3.38. The summed E-state index contributed by atoms with van der Waals surface area (Å²) in [5.74, 6) is 1.80. The Labute approximate surface area is 107 Å². The van der Waals surface area contributed by atoms with Crippen molar-refractivity contribution in [1.29, 1.82) is 0 Å². The number of rotatable bonds is 6. The molecule has 1 heterocycles. The summed E-state index contributed by atoms with van der Waals surface area (Å²) in [6, 6.07) is 1.92. The van der Waals surface area contributed by atoms with Crippen molar-refractivity contribution < 1.29 is 4.79 Å². The highest BCUT2D eigenvalue weighted by atomic mass is 79.9. The lowest BCUT2D eigenvalue weighted by Gasteiger charge is -2.07. The Morgan fingerprint density at radius 1 is 1.60 bits per heavy atom. The molecule has 0 aliphatic rings. The van der Waals surface area contributed by atoms with Crippen LogP contribution in [0.3, 0.4) is 0 Å². The Morgan fingerprint density at radius 3 is 2.87 bits per heavy atom. The van der Waals surface area contributed by atoms with Crippen LogP contribution < -0.4 is 0 Å². The van der Waals surface area contributed by atoms with E-state index in [1.807, 2.05) is 25.5 Å². The molecule has 0 aliphatic heterocycles. The summed E-state index contributed by atoms with van der Waals surface area (Å²) in [5, 5.41) is 1.93. The zero-order chi connectivity index (χ0) is 11.3. The van der Waals surface area contributed by atoms with Crippen LogP contribution in [0.1, 0.15) is 9.67 Å². The summed E-state index contributed by atoms with van der Waals surface area (Å²) in [4.78, 5) is 14.7. The molecule has 0 unspecified atom stereocenters. The Bertz CT molecular complexity index is 325. The third-order valence-corrected chi connectivity index (χ3v) is 4.60. The predicted octanol–water partition coefficient (Wildman–Crippen LogP) is 2.99. The standard InChI is InChI=1S/C10H14BrNOS2/c1-12(2)4-6-14-7-9(13)10-8(11)3-5-15-10/h3,5H,4,6-7H2,1-2H3. The number of halogens is 1. The van der Waals surface area contributed by atoms with Crippen LogP contribution in [0.2, 0.25) is 0 Å². The van der Waals surface area contributed by atoms with Crippen LogP contribution in [0.4, 0.5) is 0 Å². The second kappa shape index (κ2) is 6.68. The average Bonchev–Trinajstić information content (AvgIpc) is 2.58. The summed E-state index contributed by atoms with van der Waals surface area (Å²) in [5.41, 5.74) is 0. The van der Waals surface area contributed by atoms with Gasteiger partial charge in [0.05, 0.1) is 10.6 Å². The minimum atomic E-state index is 0.223. The number of carbonyl (C=O) groups is 1. The molecule has 15 heavy (non-hydrogen) atoms. The third-order valence-electron chi connectivity index (χ3n) is 1.79. The van der Waals surface area contributed by atoms with Crippen LogP contribution in [-0.4, -0.2) is 42.8 Å². The van der Waals surface area contributed by atoms with E-state index < -0.39 is 0 Å². The lowest BCUT2D eigenvalue weighted by atomic mass is 10.3. The topological polar surface area (TPSA) is 20.3 Å². The van der Waals surface area contributed by atoms with E-state index >= 15 is 0 Å². The predicted molar refractivity (Wildman–Crippen MR) is 72.2 cm³/mol. The highest BCUT2D eigenvalue weighted by Gasteiger charge is 2.10. The van der Waals surface area contributed by atoms with Gasteiger partial charge in [-0.25, -0.2) is 0 Å². The van der Waals surface area contributed by atoms with Gasteiger partial charge in [-0.2, -0.15) is 11.8 Å². The van der Waals surface area contributed by atoms with Crippen molar-refractivity contribution in [3.05, 3.63) is 20.8 Å². The molecular weight excluding hydrogens is 294 g/mol. The van der Waals surface area contributed by atoms with Gasteiger partial charge in [0.2, 0.25) is 0 Å². The highest BCUT2D eigenvalue weighted by Crippen LogP contribution is 2.24. The summed E-state index contributed by atoms with van der Waals surface area (Å²) in [6.07, 6.45) is 0. The first-order valence-electron chi connectivity index (χ1n) is 4.60. The molecule has 0 aliphatic carbocycles. The van der Waals surface area contributed by atoms with E-state index in [0.717, 1.165) is 21.6 Å². The number of carbonyl (C=O) groups excluding carboxylic acids is 1. The van der Waals surface area contributed by atoms with Crippen LogP contribution in [0.15, 0.2) is 15.9 Å². The van der Waals surface area contributed by atoms with E-state index in [4.69, 9.17) is 0 Å². The van der Waals surface area contributed by atoms with Gasteiger partial charge in [0, 0.05) is 16.8 Å². The van der Waals surface area contributed by atoms with Gasteiger partial charge in [0.15, 0.2) is 5.78 Å². The van der Waals surface area contributed by atoms with Crippen molar-refractivity contribution >= 4 is 44.8 Å². The molecule has 0 atom stereocenters. The van der Waals surface area contributed by atoms with E-state index in [1.165, 1.54) is 11.3 Å². The normalized spacial score (nSPS) is 10.9. The first-order chi connectivity index (χ1) is 7.11. The van der Waals surface area contributed by atoms with Crippen molar-refractivity contribution in [2.75, 3.05) is 32.1 Å². The molecule has 5 heteroatoms. The lowest BCUT2D eigenvalue weighted by Crippen LogP contribution is -2.15. The van der Waals surface area contributed by atoms with Gasteiger partial charge in [0.1, 0.15) is 0 Å². The number of thiophene rings is 1. The van der Waals surface area contributed by atoms with E-state index in [2.05, 4.69) is 20.8 Å². The van der Waals surface area contributed by atoms with Gasteiger partial charge >= 0.3 is 0 Å². The molecule has 1 aromatic heterocycles. The fraction of sp³-hybridized carbons (Fsp3) is 0.500. The number of hydrogen-bond acceptors (Lipinski definition) is 4.